The Balaban J connectivity index is 1.12. The fraction of sp³-hybridized carbons (Fsp3) is 0.170. The first kappa shape index (κ1) is 35.5. The molecule has 8 aromatic rings. The summed E-state index contributed by atoms with van der Waals surface area (Å²) in [5.41, 5.74) is 9.75. The Morgan fingerprint density at radius 1 is 0.732 bits per heavy atom. The lowest BCUT2D eigenvalue weighted by Gasteiger charge is -2.34. The van der Waals surface area contributed by atoms with Gasteiger partial charge in [-0.15, -0.1) is 15.0 Å². The maximum atomic E-state index is 13.4. The molecule has 5 aromatic carbocycles. The van der Waals surface area contributed by atoms with Crippen LogP contribution in [0.15, 0.2) is 148 Å². The van der Waals surface area contributed by atoms with Gasteiger partial charge in [0.1, 0.15) is 11.3 Å². The van der Waals surface area contributed by atoms with Gasteiger partial charge in [0.2, 0.25) is 11.7 Å². The molecular formula is C47H39BrN6O2. The summed E-state index contributed by atoms with van der Waals surface area (Å²) in [6.45, 7) is 4.70. The van der Waals surface area contributed by atoms with Crippen LogP contribution in [0.3, 0.4) is 0 Å². The lowest BCUT2D eigenvalue weighted by Crippen LogP contribution is -2.39. The number of rotatable bonds is 10. The summed E-state index contributed by atoms with van der Waals surface area (Å²) in [4.78, 5) is 22.0. The molecule has 0 N–H and O–H groups in total. The van der Waals surface area contributed by atoms with Gasteiger partial charge in [-0.1, -0.05) is 135 Å². The zero-order valence-electron chi connectivity index (χ0n) is 31.2. The van der Waals surface area contributed by atoms with Crippen molar-refractivity contribution in [1.82, 2.24) is 25.2 Å². The molecule has 0 bridgehead atoms. The van der Waals surface area contributed by atoms with Gasteiger partial charge in [0, 0.05) is 34.3 Å². The third-order valence-electron chi connectivity index (χ3n) is 10.9. The number of benzene rings is 5. The molecule has 0 spiro atoms. The molecule has 0 saturated carbocycles. The third-order valence-corrected chi connectivity index (χ3v) is 11.6. The minimum Gasteiger partial charge on any atom is -0.455 e. The molecule has 0 fully saturated rings. The van der Waals surface area contributed by atoms with E-state index in [0.717, 1.165) is 85.2 Å². The summed E-state index contributed by atoms with van der Waals surface area (Å²) in [5, 5.41) is 15.6. The van der Waals surface area contributed by atoms with Crippen LogP contribution >= 0.6 is 15.9 Å². The topological polar surface area (TPSA) is 89.9 Å². The number of nitrogens with zero attached hydrogens (tertiary/aromatic N) is 6. The van der Waals surface area contributed by atoms with Crippen molar-refractivity contribution in [2.24, 2.45) is 0 Å². The number of fused-ring (bicyclic) bond motifs is 2. The summed E-state index contributed by atoms with van der Waals surface area (Å²) < 4.78 is 7.41. The van der Waals surface area contributed by atoms with Crippen molar-refractivity contribution in [3.05, 3.63) is 183 Å². The average Bonchev–Trinajstić information content (AvgIpc) is 3.88. The standard InChI is InChI=1S/C47H39BrN6O2/c1-3-35-29-41-38(40(4-2)49-35)25-27-43(55)53(41)30-31-24-26-42-39(28-31)44(48)45(56-42)36-22-14-15-23-37(36)46-50-52-54(51-46)47(32-16-8-5-9-17-32,33-18-10-6-11-19-33)34-20-12-7-13-21-34/h5-24,26,28-29H,3-4,25,27,30H2,1-2H3. The Labute approximate surface area is 334 Å². The molecule has 0 atom stereocenters. The van der Waals surface area contributed by atoms with E-state index in [1.54, 1.807) is 4.80 Å². The zero-order chi connectivity index (χ0) is 38.2. The summed E-state index contributed by atoms with van der Waals surface area (Å²) in [7, 11) is 0. The highest BCUT2D eigenvalue weighted by Gasteiger charge is 2.41. The normalized spacial score (nSPS) is 13.0. The van der Waals surface area contributed by atoms with Crippen LogP contribution < -0.4 is 4.90 Å². The van der Waals surface area contributed by atoms with E-state index in [4.69, 9.17) is 24.8 Å². The Morgan fingerprint density at radius 2 is 1.36 bits per heavy atom. The molecule has 4 heterocycles. The number of carbonyl (C=O) groups excluding carboxylic acids is 1. The van der Waals surface area contributed by atoms with Crippen molar-refractivity contribution in [3.8, 4) is 22.7 Å². The number of tetrazole rings is 1. The van der Waals surface area contributed by atoms with Crippen LogP contribution in [0.1, 0.15) is 59.5 Å². The molecule has 9 heteroatoms. The van der Waals surface area contributed by atoms with Crippen molar-refractivity contribution in [3.63, 3.8) is 0 Å². The Morgan fingerprint density at radius 3 is 1.98 bits per heavy atom. The second-order valence-corrected chi connectivity index (χ2v) is 14.9. The highest BCUT2D eigenvalue weighted by molar-refractivity contribution is 9.10. The number of pyridine rings is 1. The Kier molecular flexibility index (Phi) is 9.39. The van der Waals surface area contributed by atoms with Gasteiger partial charge in [-0.05, 0) is 86.4 Å². The summed E-state index contributed by atoms with van der Waals surface area (Å²) >= 11 is 3.91. The zero-order valence-corrected chi connectivity index (χ0v) is 32.8. The third kappa shape index (κ3) is 6.03. The second kappa shape index (κ2) is 14.8. The minimum atomic E-state index is -0.900. The van der Waals surface area contributed by atoms with Crippen molar-refractivity contribution in [2.45, 2.75) is 51.6 Å². The van der Waals surface area contributed by atoms with Crippen LogP contribution in [0.2, 0.25) is 0 Å². The van der Waals surface area contributed by atoms with Crippen molar-refractivity contribution in [2.75, 3.05) is 4.90 Å². The fourth-order valence-electron chi connectivity index (χ4n) is 8.12. The van der Waals surface area contributed by atoms with Crippen molar-refractivity contribution < 1.29 is 9.21 Å². The van der Waals surface area contributed by atoms with Gasteiger partial charge < -0.3 is 9.32 Å². The van der Waals surface area contributed by atoms with Gasteiger partial charge in [0.05, 0.1) is 16.7 Å². The average molecular weight is 800 g/mol. The number of carbonyl (C=O) groups is 1. The maximum Gasteiger partial charge on any atom is 0.227 e. The molecule has 56 heavy (non-hydrogen) atoms. The maximum absolute atomic E-state index is 13.4. The van der Waals surface area contributed by atoms with Crippen LogP contribution in [-0.2, 0) is 36.1 Å². The van der Waals surface area contributed by atoms with Gasteiger partial charge in [0.15, 0.2) is 5.54 Å². The predicted octanol–water partition coefficient (Wildman–Crippen LogP) is 10.4. The van der Waals surface area contributed by atoms with E-state index in [2.05, 4.69) is 78.3 Å². The van der Waals surface area contributed by atoms with Gasteiger partial charge >= 0.3 is 0 Å². The number of furan rings is 1. The summed E-state index contributed by atoms with van der Waals surface area (Å²) in [5.74, 6) is 1.26. The van der Waals surface area contributed by atoms with E-state index in [1.807, 2.05) is 95.9 Å². The van der Waals surface area contributed by atoms with E-state index in [1.165, 1.54) is 5.56 Å². The molecule has 3 aromatic heterocycles. The largest absolute Gasteiger partial charge is 0.455 e. The lowest BCUT2D eigenvalue weighted by atomic mass is 9.77. The van der Waals surface area contributed by atoms with Crippen LogP contribution in [0, 0.1) is 0 Å². The number of amides is 1. The molecular weight excluding hydrogens is 760 g/mol. The molecule has 0 saturated heterocycles. The molecule has 276 valence electrons. The van der Waals surface area contributed by atoms with Crippen molar-refractivity contribution in [1.29, 1.82) is 0 Å². The smallest absolute Gasteiger partial charge is 0.227 e. The van der Waals surface area contributed by atoms with Gasteiger partial charge in [-0.25, -0.2) is 0 Å². The van der Waals surface area contributed by atoms with E-state index < -0.39 is 5.54 Å². The van der Waals surface area contributed by atoms with Gasteiger partial charge in [0.25, 0.3) is 0 Å². The molecule has 1 aliphatic heterocycles. The van der Waals surface area contributed by atoms with Crippen LogP contribution in [0.25, 0.3) is 33.7 Å². The summed E-state index contributed by atoms with van der Waals surface area (Å²) in [6, 6.07) is 47.2. The van der Waals surface area contributed by atoms with Crippen LogP contribution in [0.4, 0.5) is 5.69 Å². The molecule has 1 aliphatic rings. The van der Waals surface area contributed by atoms with E-state index in [0.29, 0.717) is 24.6 Å². The van der Waals surface area contributed by atoms with Crippen LogP contribution in [-0.4, -0.2) is 31.1 Å². The molecule has 1 amide bonds. The first-order valence-corrected chi connectivity index (χ1v) is 19.9. The van der Waals surface area contributed by atoms with E-state index in [-0.39, 0.29) is 5.91 Å². The van der Waals surface area contributed by atoms with Crippen LogP contribution in [0.5, 0.6) is 0 Å². The number of halogens is 1. The van der Waals surface area contributed by atoms with Crippen molar-refractivity contribution >= 4 is 38.5 Å². The van der Waals surface area contributed by atoms with E-state index >= 15 is 0 Å². The van der Waals surface area contributed by atoms with E-state index in [9.17, 15) is 4.79 Å². The molecule has 0 aliphatic carbocycles. The first-order chi connectivity index (χ1) is 27.5. The van der Waals surface area contributed by atoms with Gasteiger partial charge in [-0.2, -0.15) is 0 Å². The first-order valence-electron chi connectivity index (χ1n) is 19.1. The number of hydrogen-bond donors (Lipinski definition) is 0. The van der Waals surface area contributed by atoms with Gasteiger partial charge in [-0.3, -0.25) is 9.78 Å². The Hall–Kier alpha value is -6.19. The highest BCUT2D eigenvalue weighted by Crippen LogP contribution is 2.44. The second-order valence-electron chi connectivity index (χ2n) is 14.1. The number of hydrogen-bond acceptors (Lipinski definition) is 6. The molecule has 8 nitrogen and oxygen atoms in total. The predicted molar refractivity (Wildman–Crippen MR) is 223 cm³/mol. The highest BCUT2D eigenvalue weighted by atomic mass is 79.9. The lowest BCUT2D eigenvalue weighted by molar-refractivity contribution is -0.119. The number of anilines is 1. The molecule has 0 unspecified atom stereocenters. The fourth-order valence-corrected chi connectivity index (χ4v) is 8.73. The summed E-state index contributed by atoms with van der Waals surface area (Å²) in [6.07, 6.45) is 2.87. The minimum absolute atomic E-state index is 0.130. The Bertz CT molecular complexity index is 2590. The SMILES string of the molecule is CCc1cc2c(c(CC)n1)CCC(=O)N2Cc1ccc2oc(-c3ccccc3-c3nnn(C(c4ccccc4)(c4ccccc4)c4ccccc4)n3)c(Br)c2c1. The number of aryl methyl sites for hydroxylation is 2. The molecule has 0 radical (unpaired) electrons. The monoisotopic (exact) mass is 798 g/mol. The molecule has 9 rings (SSSR count). The number of aromatic nitrogens is 5. The quantitative estimate of drug-likeness (QED) is 0.128.